The molecule has 0 radical (unpaired) electrons. The summed E-state index contributed by atoms with van der Waals surface area (Å²) in [6.45, 7) is 4.18. The second-order valence-corrected chi connectivity index (χ2v) is 7.49. The number of aromatic hydroxyl groups is 2. The fraction of sp³-hybridized carbons (Fsp3) is 0.174. The van der Waals surface area contributed by atoms with Crippen molar-refractivity contribution in [1.82, 2.24) is 0 Å². The number of rotatable bonds is 1. The smallest absolute Gasteiger partial charge is 0.340 e. The highest BCUT2D eigenvalue weighted by atomic mass is 16.6. The first-order chi connectivity index (χ1) is 13.4. The van der Waals surface area contributed by atoms with Crippen molar-refractivity contribution >= 4 is 5.97 Å². The first-order valence-corrected chi connectivity index (χ1v) is 9.13. The van der Waals surface area contributed by atoms with Crippen molar-refractivity contribution in [3.8, 4) is 23.0 Å². The van der Waals surface area contributed by atoms with E-state index < -0.39 is 11.6 Å². The minimum Gasteiger partial charge on any atom is -0.508 e. The largest absolute Gasteiger partial charge is 0.508 e. The second-order valence-electron chi connectivity index (χ2n) is 7.49. The third-order valence-corrected chi connectivity index (χ3v) is 5.46. The first kappa shape index (κ1) is 16.7. The van der Waals surface area contributed by atoms with Crippen LogP contribution in [0.15, 0.2) is 54.6 Å². The quantitative estimate of drug-likeness (QED) is 0.599. The predicted octanol–water partition coefficient (Wildman–Crippen LogP) is 4.79. The summed E-state index contributed by atoms with van der Waals surface area (Å²) in [5, 5.41) is 19.9. The minimum atomic E-state index is -1.19. The molecule has 1 spiro atoms. The highest BCUT2D eigenvalue weighted by molar-refractivity contribution is 5.97. The number of phenolic OH excluding ortho intramolecular Hbond substituents is 2. The van der Waals surface area contributed by atoms with Crippen LogP contribution in [-0.4, -0.2) is 16.2 Å². The molecule has 2 N–H and O–H groups in total. The molecule has 28 heavy (non-hydrogen) atoms. The number of carbonyl (C=O) groups excluding carboxylic acids is 1. The van der Waals surface area contributed by atoms with Crippen LogP contribution in [0.25, 0.3) is 0 Å². The van der Waals surface area contributed by atoms with E-state index in [-0.39, 0.29) is 17.4 Å². The standard InChI is InChI=1S/C23H18O5/c1-12(2)13-3-6-16-19(9-13)23(28-22(16)26)17-7-4-14(24)10-20(17)27-21-11-15(25)5-8-18(21)23/h3-12,24-25H,1-2H3. The third-order valence-electron chi connectivity index (χ3n) is 5.46. The number of fused-ring (bicyclic) bond motifs is 6. The van der Waals surface area contributed by atoms with Crippen LogP contribution in [0, 0.1) is 0 Å². The highest BCUT2D eigenvalue weighted by Gasteiger charge is 2.53. The molecule has 0 saturated heterocycles. The molecule has 0 fully saturated rings. The number of phenols is 2. The van der Waals surface area contributed by atoms with Crippen molar-refractivity contribution in [3.05, 3.63) is 82.4 Å². The molecule has 3 aromatic rings. The fourth-order valence-corrected chi connectivity index (χ4v) is 4.08. The average Bonchev–Trinajstić information content (AvgIpc) is 2.94. The van der Waals surface area contributed by atoms with Gasteiger partial charge in [-0.2, -0.15) is 0 Å². The molecule has 3 aromatic carbocycles. The maximum atomic E-state index is 12.8. The summed E-state index contributed by atoms with van der Waals surface area (Å²) in [6.07, 6.45) is 0. The summed E-state index contributed by atoms with van der Waals surface area (Å²) < 4.78 is 12.0. The van der Waals surface area contributed by atoms with Gasteiger partial charge in [0.1, 0.15) is 23.0 Å². The van der Waals surface area contributed by atoms with Gasteiger partial charge in [-0.1, -0.05) is 19.9 Å². The molecule has 2 aliphatic rings. The van der Waals surface area contributed by atoms with Crippen LogP contribution >= 0.6 is 0 Å². The van der Waals surface area contributed by atoms with Crippen molar-refractivity contribution in [3.63, 3.8) is 0 Å². The lowest BCUT2D eigenvalue weighted by Crippen LogP contribution is -2.33. The Morgan fingerprint density at radius 1 is 0.821 bits per heavy atom. The van der Waals surface area contributed by atoms with Gasteiger partial charge in [-0.05, 0) is 47.9 Å². The maximum absolute atomic E-state index is 12.8. The Morgan fingerprint density at radius 2 is 1.43 bits per heavy atom. The van der Waals surface area contributed by atoms with Crippen LogP contribution in [-0.2, 0) is 10.3 Å². The van der Waals surface area contributed by atoms with Gasteiger partial charge in [-0.3, -0.25) is 0 Å². The zero-order valence-corrected chi connectivity index (χ0v) is 15.4. The average molecular weight is 374 g/mol. The minimum absolute atomic E-state index is 0.0398. The van der Waals surface area contributed by atoms with Gasteiger partial charge < -0.3 is 19.7 Å². The highest BCUT2D eigenvalue weighted by Crippen LogP contribution is 2.57. The van der Waals surface area contributed by atoms with Gasteiger partial charge in [0.2, 0.25) is 0 Å². The Labute approximate surface area is 161 Å². The molecule has 0 unspecified atom stereocenters. The van der Waals surface area contributed by atoms with E-state index in [0.717, 1.165) is 11.1 Å². The molecule has 0 aliphatic carbocycles. The van der Waals surface area contributed by atoms with E-state index in [2.05, 4.69) is 13.8 Å². The first-order valence-electron chi connectivity index (χ1n) is 9.13. The van der Waals surface area contributed by atoms with Crippen molar-refractivity contribution in [1.29, 1.82) is 0 Å². The molecule has 5 rings (SSSR count). The van der Waals surface area contributed by atoms with Gasteiger partial charge >= 0.3 is 5.97 Å². The lowest BCUT2D eigenvalue weighted by atomic mass is 9.76. The van der Waals surface area contributed by atoms with Gasteiger partial charge in [-0.25, -0.2) is 4.79 Å². The van der Waals surface area contributed by atoms with E-state index in [9.17, 15) is 15.0 Å². The van der Waals surface area contributed by atoms with E-state index in [0.29, 0.717) is 28.2 Å². The van der Waals surface area contributed by atoms with Crippen molar-refractivity contribution < 1.29 is 24.5 Å². The lowest BCUT2D eigenvalue weighted by molar-refractivity contribution is 0.0224. The summed E-state index contributed by atoms with van der Waals surface area (Å²) in [5.41, 5.74) is 2.41. The van der Waals surface area contributed by atoms with Crippen molar-refractivity contribution in [2.75, 3.05) is 0 Å². The number of hydrogen-bond acceptors (Lipinski definition) is 5. The third kappa shape index (κ3) is 2.10. The van der Waals surface area contributed by atoms with Gasteiger partial charge in [0.15, 0.2) is 5.60 Å². The molecule has 0 aromatic heterocycles. The molecule has 140 valence electrons. The topological polar surface area (TPSA) is 76.0 Å². The summed E-state index contributed by atoms with van der Waals surface area (Å²) in [5.74, 6) is 0.708. The molecular formula is C23H18O5. The molecule has 5 heteroatoms. The summed E-state index contributed by atoms with van der Waals surface area (Å²) in [6, 6.07) is 15.3. The normalized spacial score (nSPS) is 15.6. The van der Waals surface area contributed by atoms with Crippen LogP contribution in [0.3, 0.4) is 0 Å². The number of carbonyl (C=O) groups is 1. The van der Waals surface area contributed by atoms with E-state index in [1.54, 1.807) is 30.3 Å². The molecule has 0 atom stereocenters. The molecule has 2 aliphatic heterocycles. The lowest BCUT2D eigenvalue weighted by Gasteiger charge is -2.36. The van der Waals surface area contributed by atoms with E-state index >= 15 is 0 Å². The maximum Gasteiger partial charge on any atom is 0.340 e. The van der Waals surface area contributed by atoms with Crippen LogP contribution < -0.4 is 4.74 Å². The number of ether oxygens (including phenoxy) is 2. The van der Waals surface area contributed by atoms with Crippen LogP contribution in [0.4, 0.5) is 0 Å². The van der Waals surface area contributed by atoms with Gasteiger partial charge in [0.25, 0.3) is 0 Å². The summed E-state index contributed by atoms with van der Waals surface area (Å²) >= 11 is 0. The van der Waals surface area contributed by atoms with Gasteiger partial charge in [0, 0.05) is 28.8 Å². The Hall–Kier alpha value is -3.47. The van der Waals surface area contributed by atoms with E-state index in [1.165, 1.54) is 12.1 Å². The Kier molecular flexibility index (Phi) is 3.29. The molecule has 0 amide bonds. The Morgan fingerprint density at radius 3 is 2.00 bits per heavy atom. The van der Waals surface area contributed by atoms with Gasteiger partial charge in [-0.15, -0.1) is 0 Å². The Bertz CT molecular complexity index is 1090. The molecule has 0 bridgehead atoms. The fourth-order valence-electron chi connectivity index (χ4n) is 4.08. The molecular weight excluding hydrogens is 356 g/mol. The summed E-state index contributed by atoms with van der Waals surface area (Å²) in [4.78, 5) is 12.8. The zero-order valence-electron chi connectivity index (χ0n) is 15.4. The molecule has 5 nitrogen and oxygen atoms in total. The van der Waals surface area contributed by atoms with E-state index in [1.807, 2.05) is 12.1 Å². The monoisotopic (exact) mass is 374 g/mol. The summed E-state index contributed by atoms with van der Waals surface area (Å²) in [7, 11) is 0. The Balaban J connectivity index is 1.89. The zero-order chi connectivity index (χ0) is 19.6. The van der Waals surface area contributed by atoms with E-state index in [4.69, 9.17) is 9.47 Å². The number of benzene rings is 3. The van der Waals surface area contributed by atoms with Gasteiger partial charge in [0.05, 0.1) is 5.56 Å². The van der Waals surface area contributed by atoms with Crippen LogP contribution in [0.5, 0.6) is 23.0 Å². The van der Waals surface area contributed by atoms with Crippen LogP contribution in [0.2, 0.25) is 0 Å². The second kappa shape index (κ2) is 5.52. The SMILES string of the molecule is CC(C)c1ccc2c(c1)C1(OC2=O)c2ccc(O)cc2Oc2cc(O)ccc21. The molecule has 2 heterocycles. The van der Waals surface area contributed by atoms with Crippen LogP contribution in [0.1, 0.15) is 52.4 Å². The van der Waals surface area contributed by atoms with Crippen molar-refractivity contribution in [2.24, 2.45) is 0 Å². The van der Waals surface area contributed by atoms with Crippen molar-refractivity contribution in [2.45, 2.75) is 25.4 Å². The number of hydrogen-bond donors (Lipinski definition) is 2. The predicted molar refractivity (Wildman–Crippen MR) is 102 cm³/mol. The molecule has 0 saturated carbocycles. The number of esters is 1.